The van der Waals surface area contributed by atoms with Crippen molar-refractivity contribution in [3.63, 3.8) is 0 Å². The molecule has 1 aromatic carbocycles. The van der Waals surface area contributed by atoms with Gasteiger partial charge in [0.25, 0.3) is 5.91 Å². The van der Waals surface area contributed by atoms with Crippen molar-refractivity contribution < 1.29 is 14.1 Å². The van der Waals surface area contributed by atoms with Crippen LogP contribution >= 0.6 is 0 Å². The first-order chi connectivity index (χ1) is 14.6. The van der Waals surface area contributed by atoms with Gasteiger partial charge in [-0.2, -0.15) is 5.10 Å². The monoisotopic (exact) mass is 403 g/mol. The fourth-order valence-electron chi connectivity index (χ4n) is 4.59. The summed E-state index contributed by atoms with van der Waals surface area (Å²) in [5, 5.41) is 6.43. The molecule has 0 saturated heterocycles. The number of carbonyl (C=O) groups excluding carboxylic acids is 1. The average molecular weight is 404 g/mol. The molecule has 1 amide bonds. The lowest BCUT2D eigenvalue weighted by molar-refractivity contribution is -0.926. The van der Waals surface area contributed by atoms with Crippen LogP contribution in [0, 0.1) is 6.92 Å². The van der Waals surface area contributed by atoms with Gasteiger partial charge >= 0.3 is 0 Å². The number of aryl methyl sites for hydroxylation is 1. The van der Waals surface area contributed by atoms with Gasteiger partial charge < -0.3 is 13.9 Å². The van der Waals surface area contributed by atoms with E-state index in [2.05, 4.69) is 61.0 Å². The Morgan fingerprint density at radius 1 is 1.20 bits per heavy atom. The summed E-state index contributed by atoms with van der Waals surface area (Å²) in [6.07, 6.45) is 4.44. The van der Waals surface area contributed by atoms with Gasteiger partial charge in [0.1, 0.15) is 17.8 Å². The number of nitrogens with zero attached hydrogens (tertiary/aromatic N) is 3. The Bertz CT molecular complexity index is 1070. The topological polar surface area (TPSA) is 55.2 Å². The molecule has 0 saturated carbocycles. The fraction of sp³-hybridized carbons (Fsp3) is 0.333. The van der Waals surface area contributed by atoms with E-state index in [4.69, 9.17) is 9.52 Å². The van der Waals surface area contributed by atoms with Crippen LogP contribution in [0.1, 0.15) is 48.0 Å². The summed E-state index contributed by atoms with van der Waals surface area (Å²) in [5.74, 6) is 0.824. The molecule has 0 fully saturated rings. The molecule has 2 aliphatic rings. The number of carbonyl (C=O) groups is 1. The number of fused-ring (bicyclic) bond motifs is 1. The number of furan rings is 1. The van der Waals surface area contributed by atoms with Crippen LogP contribution in [0.15, 0.2) is 70.5 Å². The second-order valence-corrected chi connectivity index (χ2v) is 8.32. The maximum atomic E-state index is 13.4. The second kappa shape index (κ2) is 7.61. The summed E-state index contributed by atoms with van der Waals surface area (Å²) in [7, 11) is 0. The van der Waals surface area contributed by atoms with Crippen molar-refractivity contribution in [1.82, 2.24) is 9.58 Å². The molecule has 154 valence electrons. The van der Waals surface area contributed by atoms with E-state index in [0.717, 1.165) is 30.1 Å². The van der Waals surface area contributed by atoms with Crippen molar-refractivity contribution in [2.24, 2.45) is 5.10 Å². The maximum Gasteiger partial charge on any atom is 0.298 e. The third kappa shape index (κ3) is 3.37. The summed E-state index contributed by atoms with van der Waals surface area (Å²) in [5.41, 5.74) is 4.49. The average Bonchev–Trinajstić information content (AvgIpc) is 3.50. The lowest BCUT2D eigenvalue weighted by atomic mass is 10.0. The van der Waals surface area contributed by atoms with Gasteiger partial charge in [0.05, 0.1) is 30.8 Å². The Kier molecular flexibility index (Phi) is 4.79. The molecule has 6 nitrogen and oxygen atoms in total. The molecule has 5 rings (SSSR count). The van der Waals surface area contributed by atoms with Crippen molar-refractivity contribution in [2.75, 3.05) is 13.1 Å². The number of quaternary nitrogens is 1. The SMILES string of the molecule is Cc1ccc(C2=NN(C(=O)C[NH+]3CCn4cccc4[C@@H]3C)[C@H](c3ccco3)C2)cc1. The van der Waals surface area contributed by atoms with Crippen LogP contribution in [0.3, 0.4) is 0 Å². The number of hydrazone groups is 1. The zero-order valence-corrected chi connectivity index (χ0v) is 17.4. The largest absolute Gasteiger partial charge is 0.467 e. The smallest absolute Gasteiger partial charge is 0.298 e. The number of hydrogen-bond donors (Lipinski definition) is 1. The Morgan fingerprint density at radius 3 is 2.80 bits per heavy atom. The Hall–Kier alpha value is -3.12. The van der Waals surface area contributed by atoms with E-state index in [9.17, 15) is 4.79 Å². The summed E-state index contributed by atoms with van der Waals surface area (Å²) in [6.45, 7) is 6.56. The van der Waals surface area contributed by atoms with Gasteiger partial charge in [-0.1, -0.05) is 29.8 Å². The van der Waals surface area contributed by atoms with Crippen LogP contribution < -0.4 is 4.90 Å². The van der Waals surface area contributed by atoms with Crippen LogP contribution in [-0.2, 0) is 11.3 Å². The zero-order chi connectivity index (χ0) is 20.7. The van der Waals surface area contributed by atoms with Gasteiger partial charge in [-0.25, -0.2) is 5.01 Å². The number of amides is 1. The first kappa shape index (κ1) is 18.9. The molecule has 0 spiro atoms. The molecule has 3 aromatic rings. The highest BCUT2D eigenvalue weighted by Crippen LogP contribution is 2.33. The van der Waals surface area contributed by atoms with Gasteiger partial charge in [-0.15, -0.1) is 0 Å². The first-order valence-electron chi connectivity index (χ1n) is 10.6. The summed E-state index contributed by atoms with van der Waals surface area (Å²) < 4.78 is 7.96. The van der Waals surface area contributed by atoms with Crippen LogP contribution in [0.5, 0.6) is 0 Å². The molecule has 30 heavy (non-hydrogen) atoms. The molecule has 1 unspecified atom stereocenters. The van der Waals surface area contributed by atoms with Gasteiger partial charge in [0, 0.05) is 12.6 Å². The van der Waals surface area contributed by atoms with Gasteiger partial charge in [0.2, 0.25) is 0 Å². The highest BCUT2D eigenvalue weighted by molar-refractivity contribution is 6.03. The number of aromatic nitrogens is 1. The minimum absolute atomic E-state index is 0.0420. The van der Waals surface area contributed by atoms with Crippen molar-refractivity contribution >= 4 is 11.6 Å². The highest BCUT2D eigenvalue weighted by atomic mass is 16.3. The van der Waals surface area contributed by atoms with Crippen LogP contribution in [0.2, 0.25) is 0 Å². The Balaban J connectivity index is 1.39. The second-order valence-electron chi connectivity index (χ2n) is 8.32. The normalized spacial score (nSPS) is 23.3. The molecule has 2 aromatic heterocycles. The molecule has 6 heteroatoms. The molecular formula is C24H27N4O2+. The van der Waals surface area contributed by atoms with Crippen molar-refractivity contribution in [3.8, 4) is 0 Å². The predicted molar refractivity (Wildman–Crippen MR) is 114 cm³/mol. The lowest BCUT2D eigenvalue weighted by Crippen LogP contribution is -3.14. The van der Waals surface area contributed by atoms with Crippen LogP contribution in [0.25, 0.3) is 0 Å². The van der Waals surface area contributed by atoms with Crippen molar-refractivity contribution in [1.29, 1.82) is 0 Å². The minimum Gasteiger partial charge on any atom is -0.467 e. The molecule has 2 aliphatic heterocycles. The van der Waals surface area contributed by atoms with Gasteiger partial charge in [-0.05, 0) is 43.7 Å². The van der Waals surface area contributed by atoms with Gasteiger partial charge in [0.15, 0.2) is 6.54 Å². The standard InChI is InChI=1S/C24H26N4O2/c1-17-7-9-19(10-8-17)20-15-22(23-6-4-14-30-23)28(25-20)24(29)16-27-13-12-26-11-3-5-21(26)18(27)2/h3-11,14,18,22H,12-13,15-16H2,1-2H3/p+1/t18-,22-/m0/s1. The van der Waals surface area contributed by atoms with E-state index in [1.807, 2.05) is 12.1 Å². The zero-order valence-electron chi connectivity index (χ0n) is 17.4. The van der Waals surface area contributed by atoms with E-state index in [-0.39, 0.29) is 18.0 Å². The third-order valence-electron chi connectivity index (χ3n) is 6.40. The predicted octanol–water partition coefficient (Wildman–Crippen LogP) is 2.73. The van der Waals surface area contributed by atoms with Crippen LogP contribution in [0.4, 0.5) is 0 Å². The van der Waals surface area contributed by atoms with E-state index in [1.54, 1.807) is 11.3 Å². The first-order valence-corrected chi connectivity index (χ1v) is 10.6. The molecule has 0 radical (unpaired) electrons. The van der Waals surface area contributed by atoms with Crippen molar-refractivity contribution in [3.05, 3.63) is 83.6 Å². The lowest BCUT2D eigenvalue weighted by Gasteiger charge is -2.32. The number of hydrogen-bond acceptors (Lipinski definition) is 3. The molecular weight excluding hydrogens is 376 g/mol. The van der Waals surface area contributed by atoms with Gasteiger partial charge in [-0.3, -0.25) is 4.79 Å². The summed E-state index contributed by atoms with van der Waals surface area (Å²) in [4.78, 5) is 14.7. The highest BCUT2D eigenvalue weighted by Gasteiger charge is 2.38. The number of nitrogens with one attached hydrogen (secondary N) is 1. The maximum absolute atomic E-state index is 13.4. The van der Waals surface area contributed by atoms with E-state index < -0.39 is 0 Å². The summed E-state index contributed by atoms with van der Waals surface area (Å²) >= 11 is 0. The van der Waals surface area contributed by atoms with Crippen molar-refractivity contribution in [2.45, 2.75) is 38.9 Å². The number of rotatable bonds is 4. The third-order valence-corrected chi connectivity index (χ3v) is 6.40. The number of benzene rings is 1. The van der Waals surface area contributed by atoms with E-state index in [1.165, 1.54) is 16.2 Å². The fourth-order valence-corrected chi connectivity index (χ4v) is 4.59. The molecule has 3 atom stereocenters. The molecule has 0 aliphatic carbocycles. The quantitative estimate of drug-likeness (QED) is 0.728. The van der Waals surface area contributed by atoms with E-state index in [0.29, 0.717) is 13.0 Å². The minimum atomic E-state index is -0.188. The van der Waals surface area contributed by atoms with E-state index >= 15 is 0 Å². The molecule has 4 heterocycles. The molecule has 1 N–H and O–H groups in total. The molecule has 0 bridgehead atoms. The van der Waals surface area contributed by atoms with Crippen LogP contribution in [-0.4, -0.2) is 34.3 Å². The Morgan fingerprint density at radius 2 is 2.03 bits per heavy atom. The Labute approximate surface area is 176 Å². The summed E-state index contributed by atoms with van der Waals surface area (Å²) in [6, 6.07) is 16.5.